The molecular formula is C18H21N3O2S. The van der Waals surface area contributed by atoms with E-state index in [1.54, 1.807) is 4.90 Å². The van der Waals surface area contributed by atoms with Gasteiger partial charge in [-0.25, -0.2) is 0 Å². The zero-order valence-corrected chi connectivity index (χ0v) is 14.5. The smallest absolute Gasteiger partial charge is 0.264 e. The highest BCUT2D eigenvalue weighted by molar-refractivity contribution is 7.12. The van der Waals surface area contributed by atoms with Gasteiger partial charge in [0.25, 0.3) is 5.91 Å². The second-order valence-corrected chi connectivity index (χ2v) is 6.93. The van der Waals surface area contributed by atoms with Gasteiger partial charge >= 0.3 is 0 Å². The van der Waals surface area contributed by atoms with E-state index in [0.29, 0.717) is 18.0 Å². The number of rotatable bonds is 5. The summed E-state index contributed by atoms with van der Waals surface area (Å²) in [5.74, 6) is -0.0946. The van der Waals surface area contributed by atoms with Gasteiger partial charge in [0.15, 0.2) is 0 Å². The highest BCUT2D eigenvalue weighted by Gasteiger charge is 2.34. The van der Waals surface area contributed by atoms with Crippen molar-refractivity contribution in [1.82, 2.24) is 15.2 Å². The first-order chi connectivity index (χ1) is 11.6. The molecule has 1 aliphatic heterocycles. The standard InChI is InChI=1S/C18H21N3O2S/c1-13-6-7-14(12-20-13)8-9-19-17(22)15-4-2-10-21(15)18(23)16-5-3-11-24-16/h3,5-7,11-12,15H,2,4,8-10H2,1H3,(H,19,22)/t15-/m0/s1. The molecule has 1 N–H and O–H groups in total. The van der Waals surface area contributed by atoms with Crippen molar-refractivity contribution in [3.05, 3.63) is 52.0 Å². The summed E-state index contributed by atoms with van der Waals surface area (Å²) >= 11 is 1.42. The molecule has 2 aromatic rings. The first-order valence-corrected chi connectivity index (χ1v) is 9.07. The first-order valence-electron chi connectivity index (χ1n) is 8.19. The molecule has 3 heterocycles. The maximum atomic E-state index is 12.5. The molecule has 5 nitrogen and oxygen atoms in total. The number of thiophene rings is 1. The number of pyridine rings is 1. The Hall–Kier alpha value is -2.21. The minimum atomic E-state index is -0.351. The Morgan fingerprint density at radius 3 is 2.96 bits per heavy atom. The molecule has 1 saturated heterocycles. The van der Waals surface area contributed by atoms with Crippen molar-refractivity contribution in [3.63, 3.8) is 0 Å². The van der Waals surface area contributed by atoms with Crippen molar-refractivity contribution in [2.75, 3.05) is 13.1 Å². The van der Waals surface area contributed by atoms with Crippen LogP contribution in [0.5, 0.6) is 0 Å². The van der Waals surface area contributed by atoms with Crippen LogP contribution in [0.1, 0.15) is 33.8 Å². The van der Waals surface area contributed by atoms with Gasteiger partial charge in [0.05, 0.1) is 4.88 Å². The van der Waals surface area contributed by atoms with Crippen LogP contribution in [0.15, 0.2) is 35.8 Å². The molecule has 1 fully saturated rings. The molecule has 0 aromatic carbocycles. The number of carbonyl (C=O) groups excluding carboxylic acids is 2. The van der Waals surface area contributed by atoms with Crippen LogP contribution >= 0.6 is 11.3 Å². The Balaban J connectivity index is 1.54. The van der Waals surface area contributed by atoms with Crippen LogP contribution in [0, 0.1) is 6.92 Å². The summed E-state index contributed by atoms with van der Waals surface area (Å²) in [6.07, 6.45) is 4.18. The molecule has 1 atom stereocenters. The fourth-order valence-corrected chi connectivity index (χ4v) is 3.60. The van der Waals surface area contributed by atoms with Gasteiger partial charge in [-0.1, -0.05) is 12.1 Å². The lowest BCUT2D eigenvalue weighted by Crippen LogP contribution is -2.46. The summed E-state index contributed by atoms with van der Waals surface area (Å²) in [5.41, 5.74) is 2.08. The quantitative estimate of drug-likeness (QED) is 0.907. The van der Waals surface area contributed by atoms with Crippen molar-refractivity contribution in [2.45, 2.75) is 32.2 Å². The number of likely N-dealkylation sites (tertiary alicyclic amines) is 1. The Kier molecular flexibility index (Phi) is 5.25. The van der Waals surface area contributed by atoms with Gasteiger partial charge < -0.3 is 10.2 Å². The molecule has 3 rings (SSSR count). The Labute approximate surface area is 145 Å². The van der Waals surface area contributed by atoms with E-state index in [0.717, 1.165) is 30.5 Å². The van der Waals surface area contributed by atoms with E-state index in [2.05, 4.69) is 10.3 Å². The van der Waals surface area contributed by atoms with Crippen molar-refractivity contribution in [1.29, 1.82) is 0 Å². The maximum Gasteiger partial charge on any atom is 0.264 e. The predicted molar refractivity (Wildman–Crippen MR) is 94.1 cm³/mol. The van der Waals surface area contributed by atoms with Crippen LogP contribution in [-0.4, -0.2) is 40.8 Å². The van der Waals surface area contributed by atoms with Crippen LogP contribution in [0.4, 0.5) is 0 Å². The molecule has 0 saturated carbocycles. The largest absolute Gasteiger partial charge is 0.354 e. The monoisotopic (exact) mass is 343 g/mol. The zero-order valence-electron chi connectivity index (χ0n) is 13.7. The van der Waals surface area contributed by atoms with E-state index in [-0.39, 0.29) is 17.9 Å². The zero-order chi connectivity index (χ0) is 16.9. The third-order valence-electron chi connectivity index (χ3n) is 4.23. The lowest BCUT2D eigenvalue weighted by atomic mass is 10.1. The van der Waals surface area contributed by atoms with Gasteiger partial charge in [-0.05, 0) is 49.3 Å². The summed E-state index contributed by atoms with van der Waals surface area (Å²) in [4.78, 5) is 31.6. The normalized spacial score (nSPS) is 17.0. The van der Waals surface area contributed by atoms with E-state index < -0.39 is 0 Å². The lowest BCUT2D eigenvalue weighted by molar-refractivity contribution is -0.124. The van der Waals surface area contributed by atoms with Crippen LogP contribution in [-0.2, 0) is 11.2 Å². The molecule has 2 amide bonds. The highest BCUT2D eigenvalue weighted by Crippen LogP contribution is 2.22. The van der Waals surface area contributed by atoms with E-state index in [4.69, 9.17) is 0 Å². The second kappa shape index (κ2) is 7.57. The minimum absolute atomic E-state index is 0.0367. The SMILES string of the molecule is Cc1ccc(CCNC(=O)[C@@H]2CCCN2C(=O)c2cccs2)cn1. The van der Waals surface area contributed by atoms with Crippen molar-refractivity contribution in [3.8, 4) is 0 Å². The summed E-state index contributed by atoms with van der Waals surface area (Å²) in [6, 6.07) is 7.31. The fraction of sp³-hybridized carbons (Fsp3) is 0.389. The van der Waals surface area contributed by atoms with Crippen molar-refractivity contribution in [2.24, 2.45) is 0 Å². The Morgan fingerprint density at radius 1 is 1.38 bits per heavy atom. The maximum absolute atomic E-state index is 12.5. The second-order valence-electron chi connectivity index (χ2n) is 5.98. The minimum Gasteiger partial charge on any atom is -0.354 e. The van der Waals surface area contributed by atoms with Gasteiger partial charge in [0.1, 0.15) is 6.04 Å². The average molecular weight is 343 g/mol. The molecule has 0 unspecified atom stereocenters. The third-order valence-corrected chi connectivity index (χ3v) is 5.09. The van der Waals surface area contributed by atoms with Crippen LogP contribution < -0.4 is 5.32 Å². The number of nitrogens with one attached hydrogen (secondary N) is 1. The number of aryl methyl sites for hydroxylation is 1. The Bertz CT molecular complexity index is 698. The van der Waals surface area contributed by atoms with Gasteiger partial charge in [0, 0.05) is 25.0 Å². The molecule has 0 radical (unpaired) electrons. The van der Waals surface area contributed by atoms with E-state index in [1.165, 1.54) is 11.3 Å². The van der Waals surface area contributed by atoms with Crippen molar-refractivity contribution >= 4 is 23.2 Å². The van der Waals surface area contributed by atoms with E-state index in [9.17, 15) is 9.59 Å². The fourth-order valence-electron chi connectivity index (χ4n) is 2.92. The summed E-state index contributed by atoms with van der Waals surface area (Å²) in [6.45, 7) is 3.16. The molecule has 1 aliphatic rings. The van der Waals surface area contributed by atoms with Crippen LogP contribution in [0.3, 0.4) is 0 Å². The molecule has 0 aliphatic carbocycles. The number of aromatic nitrogens is 1. The third kappa shape index (κ3) is 3.82. The number of carbonyl (C=O) groups is 2. The highest BCUT2D eigenvalue weighted by atomic mass is 32.1. The summed E-state index contributed by atoms with van der Waals surface area (Å²) in [7, 11) is 0. The van der Waals surface area contributed by atoms with Crippen molar-refractivity contribution < 1.29 is 9.59 Å². The van der Waals surface area contributed by atoms with Crippen LogP contribution in [0.2, 0.25) is 0 Å². The number of nitrogens with zero attached hydrogens (tertiary/aromatic N) is 2. The summed E-state index contributed by atoms with van der Waals surface area (Å²) in [5, 5.41) is 4.84. The topological polar surface area (TPSA) is 62.3 Å². The van der Waals surface area contributed by atoms with E-state index in [1.807, 2.05) is 42.8 Å². The summed E-state index contributed by atoms with van der Waals surface area (Å²) < 4.78 is 0. The molecule has 24 heavy (non-hydrogen) atoms. The number of amides is 2. The molecule has 6 heteroatoms. The van der Waals surface area contributed by atoms with Crippen LogP contribution in [0.25, 0.3) is 0 Å². The molecule has 0 bridgehead atoms. The molecule has 126 valence electrons. The van der Waals surface area contributed by atoms with Gasteiger partial charge in [-0.15, -0.1) is 11.3 Å². The predicted octanol–water partition coefficient (Wildman–Crippen LogP) is 2.42. The number of hydrogen-bond donors (Lipinski definition) is 1. The molecule has 2 aromatic heterocycles. The first kappa shape index (κ1) is 16.6. The van der Waals surface area contributed by atoms with Gasteiger partial charge in [-0.3, -0.25) is 14.6 Å². The Morgan fingerprint density at radius 2 is 2.25 bits per heavy atom. The molecule has 0 spiro atoms. The average Bonchev–Trinajstić information content (AvgIpc) is 3.27. The van der Waals surface area contributed by atoms with Gasteiger partial charge in [-0.2, -0.15) is 0 Å². The lowest BCUT2D eigenvalue weighted by Gasteiger charge is -2.23. The van der Waals surface area contributed by atoms with Gasteiger partial charge in [0.2, 0.25) is 5.91 Å². The number of hydrogen-bond acceptors (Lipinski definition) is 4. The van der Waals surface area contributed by atoms with E-state index >= 15 is 0 Å². The molecular weight excluding hydrogens is 322 g/mol.